The first-order chi connectivity index (χ1) is 31.4. The lowest BCUT2D eigenvalue weighted by Gasteiger charge is -2.18. The van der Waals surface area contributed by atoms with Crippen LogP contribution in [0.2, 0.25) is 0 Å². The van der Waals surface area contributed by atoms with Crippen molar-refractivity contribution in [3.8, 4) is 0 Å². The average molecular weight is 906 g/mol. The van der Waals surface area contributed by atoms with Crippen molar-refractivity contribution in [2.75, 3.05) is 13.2 Å². The van der Waals surface area contributed by atoms with Gasteiger partial charge in [-0.1, -0.05) is 291 Å². The van der Waals surface area contributed by atoms with E-state index in [0.29, 0.717) is 19.3 Å². The van der Waals surface area contributed by atoms with Gasteiger partial charge in [-0.3, -0.25) is 14.4 Å². The normalized spacial score (nSPS) is 12.0. The highest BCUT2D eigenvalue weighted by Crippen LogP contribution is 2.18. The molecule has 64 heavy (non-hydrogen) atoms. The Hall–Kier alpha value is -1.59. The molecule has 6 nitrogen and oxygen atoms in total. The van der Waals surface area contributed by atoms with Crippen LogP contribution in [0.3, 0.4) is 0 Å². The number of ether oxygens (including phenoxy) is 3. The Labute approximate surface area is 399 Å². The number of hydrogen-bond acceptors (Lipinski definition) is 6. The lowest BCUT2D eigenvalue weighted by molar-refractivity contribution is -0.167. The summed E-state index contributed by atoms with van der Waals surface area (Å²) in [7, 11) is 0. The van der Waals surface area contributed by atoms with Crippen LogP contribution in [0, 0.1) is 5.92 Å². The Morgan fingerprint density at radius 3 is 0.766 bits per heavy atom. The number of unbranched alkanes of at least 4 members (excludes halogenated alkanes) is 40. The highest BCUT2D eigenvalue weighted by molar-refractivity contribution is 5.71. The minimum Gasteiger partial charge on any atom is -0.462 e. The highest BCUT2D eigenvalue weighted by atomic mass is 16.6. The maximum absolute atomic E-state index is 12.8. The predicted octanol–water partition coefficient (Wildman–Crippen LogP) is 19.0. The molecular weight excluding hydrogens is 793 g/mol. The van der Waals surface area contributed by atoms with Gasteiger partial charge in [0.15, 0.2) is 6.10 Å². The molecule has 0 spiro atoms. The summed E-state index contributed by atoms with van der Waals surface area (Å²) >= 11 is 0. The van der Waals surface area contributed by atoms with Crippen molar-refractivity contribution in [1.29, 1.82) is 0 Å². The third-order valence-corrected chi connectivity index (χ3v) is 13.3. The quantitative estimate of drug-likeness (QED) is 0.0344. The molecular formula is C58H112O6. The van der Waals surface area contributed by atoms with E-state index in [0.717, 1.165) is 63.7 Å². The number of esters is 3. The van der Waals surface area contributed by atoms with Crippen molar-refractivity contribution in [3.63, 3.8) is 0 Å². The third kappa shape index (κ3) is 51.4. The zero-order valence-corrected chi connectivity index (χ0v) is 43.8. The number of rotatable bonds is 53. The Bertz CT molecular complexity index is 964. The van der Waals surface area contributed by atoms with Crippen molar-refractivity contribution in [1.82, 2.24) is 0 Å². The zero-order chi connectivity index (χ0) is 46.7. The summed E-state index contributed by atoms with van der Waals surface area (Å²) in [5.74, 6) is -0.00271. The third-order valence-electron chi connectivity index (χ3n) is 13.3. The Morgan fingerprint density at radius 2 is 0.516 bits per heavy atom. The first kappa shape index (κ1) is 62.4. The van der Waals surface area contributed by atoms with Crippen LogP contribution in [0.15, 0.2) is 0 Å². The van der Waals surface area contributed by atoms with Gasteiger partial charge in [-0.15, -0.1) is 0 Å². The topological polar surface area (TPSA) is 78.9 Å². The van der Waals surface area contributed by atoms with Crippen LogP contribution in [-0.4, -0.2) is 37.2 Å². The minimum atomic E-state index is -0.761. The Morgan fingerprint density at radius 1 is 0.297 bits per heavy atom. The molecule has 0 amide bonds. The molecule has 0 rings (SSSR count). The van der Waals surface area contributed by atoms with Crippen molar-refractivity contribution in [2.24, 2.45) is 5.92 Å². The second-order valence-electron chi connectivity index (χ2n) is 20.4. The molecule has 0 aromatic heterocycles. The van der Waals surface area contributed by atoms with Gasteiger partial charge in [0.2, 0.25) is 0 Å². The average Bonchev–Trinajstić information content (AvgIpc) is 3.28. The molecule has 0 aliphatic heterocycles. The highest BCUT2D eigenvalue weighted by Gasteiger charge is 2.19. The van der Waals surface area contributed by atoms with E-state index in [1.54, 1.807) is 0 Å². The van der Waals surface area contributed by atoms with E-state index in [1.165, 1.54) is 225 Å². The summed E-state index contributed by atoms with van der Waals surface area (Å²) in [6.45, 7) is 9.05. The summed E-state index contributed by atoms with van der Waals surface area (Å²) in [4.78, 5) is 38.1. The van der Waals surface area contributed by atoms with Crippen molar-refractivity contribution < 1.29 is 28.6 Å². The van der Waals surface area contributed by atoms with E-state index < -0.39 is 6.10 Å². The van der Waals surface area contributed by atoms with Gasteiger partial charge in [0.1, 0.15) is 13.2 Å². The molecule has 0 saturated carbocycles. The molecule has 0 unspecified atom stereocenters. The predicted molar refractivity (Wildman–Crippen MR) is 275 cm³/mol. The van der Waals surface area contributed by atoms with E-state index in [4.69, 9.17) is 14.2 Å². The fourth-order valence-corrected chi connectivity index (χ4v) is 8.92. The second-order valence-corrected chi connectivity index (χ2v) is 20.4. The van der Waals surface area contributed by atoms with Crippen LogP contribution in [-0.2, 0) is 28.6 Å². The molecule has 0 fully saturated rings. The monoisotopic (exact) mass is 905 g/mol. The summed E-state index contributed by atoms with van der Waals surface area (Å²) in [5, 5.41) is 0. The summed E-state index contributed by atoms with van der Waals surface area (Å²) in [5.41, 5.74) is 0. The van der Waals surface area contributed by atoms with Crippen molar-refractivity contribution in [3.05, 3.63) is 0 Å². The molecule has 0 aromatic carbocycles. The molecule has 6 heteroatoms. The van der Waals surface area contributed by atoms with Crippen LogP contribution in [0.25, 0.3) is 0 Å². The molecule has 0 radical (unpaired) electrons. The van der Waals surface area contributed by atoms with Crippen LogP contribution >= 0.6 is 0 Å². The van der Waals surface area contributed by atoms with Crippen molar-refractivity contribution >= 4 is 17.9 Å². The van der Waals surface area contributed by atoms with E-state index in [-0.39, 0.29) is 31.1 Å². The molecule has 0 bridgehead atoms. The molecule has 0 aliphatic carbocycles. The summed E-state index contributed by atoms with van der Waals surface area (Å²) < 4.78 is 16.9. The molecule has 0 aliphatic rings. The lowest BCUT2D eigenvalue weighted by Crippen LogP contribution is -2.30. The smallest absolute Gasteiger partial charge is 0.306 e. The van der Waals surface area contributed by atoms with Crippen molar-refractivity contribution in [2.45, 2.75) is 336 Å². The molecule has 0 aromatic rings. The van der Waals surface area contributed by atoms with E-state index in [1.807, 2.05) is 0 Å². The Kier molecular flexibility index (Phi) is 51.1. The van der Waals surface area contributed by atoms with Gasteiger partial charge in [0.05, 0.1) is 0 Å². The van der Waals surface area contributed by atoms with Gasteiger partial charge in [0.25, 0.3) is 0 Å². The van der Waals surface area contributed by atoms with Gasteiger partial charge in [-0.25, -0.2) is 0 Å². The first-order valence-corrected chi connectivity index (χ1v) is 28.9. The first-order valence-electron chi connectivity index (χ1n) is 28.9. The molecule has 0 heterocycles. The molecule has 0 saturated heterocycles. The maximum atomic E-state index is 12.8. The van der Waals surface area contributed by atoms with Gasteiger partial charge < -0.3 is 14.2 Å². The van der Waals surface area contributed by atoms with Gasteiger partial charge >= 0.3 is 17.9 Å². The minimum absolute atomic E-state index is 0.0621. The summed E-state index contributed by atoms with van der Waals surface area (Å²) in [6, 6.07) is 0. The Balaban J connectivity index is 4.27. The van der Waals surface area contributed by atoms with Gasteiger partial charge in [-0.05, 0) is 25.2 Å². The molecule has 380 valence electrons. The summed E-state index contributed by atoms with van der Waals surface area (Å²) in [6.07, 6.45) is 56.6. The zero-order valence-electron chi connectivity index (χ0n) is 43.8. The standard InChI is InChI=1S/C58H112O6/c1-5-7-9-11-13-15-17-19-20-21-22-23-24-25-31-35-39-43-47-51-58(61)64-55(52-62-56(59)49-45-41-37-33-29-18-16-14-12-10-8-6-2)53-63-57(60)50-46-42-38-34-30-27-26-28-32-36-40-44-48-54(3)4/h54-55H,5-53H2,1-4H3/t55-/m0/s1. The van der Waals surface area contributed by atoms with Crippen LogP contribution in [0.4, 0.5) is 0 Å². The number of carbonyl (C=O) groups is 3. The van der Waals surface area contributed by atoms with E-state index >= 15 is 0 Å². The lowest BCUT2D eigenvalue weighted by atomic mass is 10.0. The number of hydrogen-bond donors (Lipinski definition) is 0. The fourth-order valence-electron chi connectivity index (χ4n) is 8.92. The largest absolute Gasteiger partial charge is 0.462 e. The molecule has 1 atom stereocenters. The van der Waals surface area contributed by atoms with E-state index in [9.17, 15) is 14.4 Å². The second kappa shape index (κ2) is 52.4. The SMILES string of the molecule is CCCCCCCCCCCCCCCCCCCCCC(=O)O[C@@H](COC(=O)CCCCCCCCCCCCCC)COC(=O)CCCCCCCCCCCCCCC(C)C. The van der Waals surface area contributed by atoms with Gasteiger partial charge in [-0.2, -0.15) is 0 Å². The van der Waals surface area contributed by atoms with E-state index in [2.05, 4.69) is 27.7 Å². The van der Waals surface area contributed by atoms with Crippen LogP contribution in [0.5, 0.6) is 0 Å². The van der Waals surface area contributed by atoms with Gasteiger partial charge in [0, 0.05) is 19.3 Å². The molecule has 0 N–H and O–H groups in total. The fraction of sp³-hybridized carbons (Fsp3) is 0.948. The van der Waals surface area contributed by atoms with Crippen LogP contribution in [0.1, 0.15) is 329 Å². The maximum Gasteiger partial charge on any atom is 0.306 e. The van der Waals surface area contributed by atoms with Crippen LogP contribution < -0.4 is 0 Å². The number of carbonyl (C=O) groups excluding carboxylic acids is 3.